The monoisotopic (exact) mass is 380 g/mol. The molecule has 5 heteroatoms. The van der Waals surface area contributed by atoms with Gasteiger partial charge in [-0.15, -0.1) is 0 Å². The molecule has 2 heterocycles. The first kappa shape index (κ1) is 19.0. The van der Waals surface area contributed by atoms with Crippen molar-refractivity contribution >= 4 is 11.6 Å². The molecule has 5 nitrogen and oxygen atoms in total. The predicted molar refractivity (Wildman–Crippen MR) is 110 cm³/mol. The number of nitrogens with zero attached hydrogens (tertiary/aromatic N) is 2. The van der Waals surface area contributed by atoms with Crippen molar-refractivity contribution in [3.05, 3.63) is 59.2 Å². The quantitative estimate of drug-likeness (QED) is 0.799. The van der Waals surface area contributed by atoms with Crippen LogP contribution < -0.4 is 9.64 Å². The summed E-state index contributed by atoms with van der Waals surface area (Å²) in [7, 11) is 0. The number of fused-ring (bicyclic) bond motifs is 1. The van der Waals surface area contributed by atoms with Crippen LogP contribution in [0.2, 0.25) is 0 Å². The van der Waals surface area contributed by atoms with Crippen LogP contribution in [0.1, 0.15) is 23.1 Å². The van der Waals surface area contributed by atoms with Crippen molar-refractivity contribution in [2.24, 2.45) is 0 Å². The maximum Gasteiger partial charge on any atom is 0.264 e. The van der Waals surface area contributed by atoms with Gasteiger partial charge in [0.25, 0.3) is 5.91 Å². The van der Waals surface area contributed by atoms with Gasteiger partial charge in [-0.3, -0.25) is 9.69 Å². The smallest absolute Gasteiger partial charge is 0.264 e. The third-order valence-corrected chi connectivity index (χ3v) is 5.43. The second-order valence-corrected chi connectivity index (χ2v) is 7.61. The fourth-order valence-corrected chi connectivity index (χ4v) is 3.96. The first-order valence-electron chi connectivity index (χ1n) is 10.1. The lowest BCUT2D eigenvalue weighted by Gasteiger charge is -2.29. The molecule has 2 aliphatic heterocycles. The third kappa shape index (κ3) is 4.54. The molecular weight excluding hydrogens is 352 g/mol. The summed E-state index contributed by atoms with van der Waals surface area (Å²) in [6.45, 7) is 7.29. The number of hydrogen-bond donors (Lipinski definition) is 0. The first-order chi connectivity index (χ1) is 13.7. The van der Waals surface area contributed by atoms with Crippen LogP contribution in [0.5, 0.6) is 5.75 Å². The summed E-state index contributed by atoms with van der Waals surface area (Å²) < 4.78 is 11.3. The zero-order valence-corrected chi connectivity index (χ0v) is 16.5. The maximum atomic E-state index is 12.8. The number of carbonyl (C=O) groups is 1. The molecule has 2 aromatic carbocycles. The Morgan fingerprint density at radius 1 is 1.11 bits per heavy atom. The topological polar surface area (TPSA) is 42.0 Å². The van der Waals surface area contributed by atoms with E-state index in [0.29, 0.717) is 0 Å². The summed E-state index contributed by atoms with van der Waals surface area (Å²) in [6.07, 6.45) is 2.03. The van der Waals surface area contributed by atoms with Crippen molar-refractivity contribution in [2.45, 2.75) is 26.3 Å². The van der Waals surface area contributed by atoms with Crippen LogP contribution in [-0.2, 0) is 22.5 Å². The number of hydrogen-bond acceptors (Lipinski definition) is 4. The van der Waals surface area contributed by atoms with Crippen molar-refractivity contribution in [3.8, 4) is 5.75 Å². The fraction of sp³-hybridized carbons (Fsp3) is 0.435. The standard InChI is InChI=1S/C23H28N2O3/c1-18-7-8-22-20(14-18)5-3-9-25(22)23(26)17-28-21-6-2-4-19(15-21)16-24-10-12-27-13-11-24/h2,4,6-8,14-15H,3,5,9-13,16-17H2,1H3. The summed E-state index contributed by atoms with van der Waals surface area (Å²) in [5.41, 5.74) is 4.73. The number of morpholine rings is 1. The van der Waals surface area contributed by atoms with Crippen molar-refractivity contribution in [1.82, 2.24) is 4.90 Å². The lowest BCUT2D eigenvalue weighted by molar-refractivity contribution is -0.120. The van der Waals surface area contributed by atoms with E-state index in [1.165, 1.54) is 16.7 Å². The number of anilines is 1. The van der Waals surface area contributed by atoms with Crippen LogP contribution >= 0.6 is 0 Å². The Kier molecular flexibility index (Phi) is 5.93. The van der Waals surface area contributed by atoms with Gasteiger partial charge in [-0.1, -0.05) is 29.8 Å². The molecule has 0 unspecified atom stereocenters. The molecule has 4 rings (SSSR count). The molecule has 0 radical (unpaired) electrons. The molecule has 1 amide bonds. The predicted octanol–water partition coefficient (Wildman–Crippen LogP) is 3.19. The maximum absolute atomic E-state index is 12.8. The largest absolute Gasteiger partial charge is 0.484 e. The Hall–Kier alpha value is -2.37. The van der Waals surface area contributed by atoms with Gasteiger partial charge in [-0.25, -0.2) is 0 Å². The molecule has 1 fully saturated rings. The Morgan fingerprint density at radius 2 is 1.96 bits per heavy atom. The third-order valence-electron chi connectivity index (χ3n) is 5.43. The highest BCUT2D eigenvalue weighted by Crippen LogP contribution is 2.28. The number of benzene rings is 2. The van der Waals surface area contributed by atoms with Crippen LogP contribution in [-0.4, -0.2) is 50.3 Å². The van der Waals surface area contributed by atoms with E-state index in [4.69, 9.17) is 9.47 Å². The number of rotatable bonds is 5. The second-order valence-electron chi connectivity index (χ2n) is 7.61. The Labute approximate surface area is 166 Å². The van der Waals surface area contributed by atoms with Crippen LogP contribution in [0.4, 0.5) is 5.69 Å². The summed E-state index contributed by atoms with van der Waals surface area (Å²) >= 11 is 0. The SMILES string of the molecule is Cc1ccc2c(c1)CCCN2C(=O)COc1cccc(CN2CCOCC2)c1. The highest BCUT2D eigenvalue weighted by molar-refractivity contribution is 5.95. The molecule has 1 saturated heterocycles. The van der Waals surface area contributed by atoms with Gasteiger partial charge in [0.1, 0.15) is 5.75 Å². The summed E-state index contributed by atoms with van der Waals surface area (Å²) in [6, 6.07) is 14.4. The summed E-state index contributed by atoms with van der Waals surface area (Å²) in [4.78, 5) is 17.0. The highest BCUT2D eigenvalue weighted by Gasteiger charge is 2.22. The molecule has 0 spiro atoms. The van der Waals surface area contributed by atoms with E-state index in [2.05, 4.69) is 36.1 Å². The van der Waals surface area contributed by atoms with Gasteiger partial charge in [-0.2, -0.15) is 0 Å². The zero-order chi connectivity index (χ0) is 19.3. The molecule has 148 valence electrons. The van der Waals surface area contributed by atoms with E-state index in [0.717, 1.165) is 63.7 Å². The van der Waals surface area contributed by atoms with E-state index < -0.39 is 0 Å². The average molecular weight is 380 g/mol. The molecule has 28 heavy (non-hydrogen) atoms. The van der Waals surface area contributed by atoms with Gasteiger partial charge in [0.15, 0.2) is 6.61 Å². The van der Waals surface area contributed by atoms with Gasteiger partial charge in [0.05, 0.1) is 13.2 Å². The minimum absolute atomic E-state index is 0.0170. The first-order valence-corrected chi connectivity index (χ1v) is 10.1. The number of amides is 1. The van der Waals surface area contributed by atoms with Crippen molar-refractivity contribution < 1.29 is 14.3 Å². The molecule has 0 bridgehead atoms. The van der Waals surface area contributed by atoms with E-state index in [9.17, 15) is 4.79 Å². The van der Waals surface area contributed by atoms with E-state index in [1.54, 1.807) is 0 Å². The lowest BCUT2D eigenvalue weighted by atomic mass is 9.99. The van der Waals surface area contributed by atoms with Gasteiger partial charge in [-0.05, 0) is 49.1 Å². The fourth-order valence-electron chi connectivity index (χ4n) is 3.96. The molecular formula is C23H28N2O3. The van der Waals surface area contributed by atoms with E-state index >= 15 is 0 Å². The minimum atomic E-state index is 0.0170. The van der Waals surface area contributed by atoms with Crippen LogP contribution in [0.3, 0.4) is 0 Å². The number of carbonyl (C=O) groups excluding carboxylic acids is 1. The zero-order valence-electron chi connectivity index (χ0n) is 16.5. The van der Waals surface area contributed by atoms with Crippen molar-refractivity contribution in [1.29, 1.82) is 0 Å². The lowest BCUT2D eigenvalue weighted by Crippen LogP contribution is -2.38. The van der Waals surface area contributed by atoms with E-state index in [-0.39, 0.29) is 12.5 Å². The molecule has 0 saturated carbocycles. The second kappa shape index (κ2) is 8.76. The Bertz CT molecular complexity index is 830. The minimum Gasteiger partial charge on any atom is -0.484 e. The normalized spacial score (nSPS) is 17.2. The highest BCUT2D eigenvalue weighted by atomic mass is 16.5. The molecule has 0 N–H and O–H groups in total. The molecule has 0 aliphatic carbocycles. The number of aryl methyl sites for hydroxylation is 2. The molecule has 2 aliphatic rings. The van der Waals surface area contributed by atoms with Gasteiger partial charge in [0, 0.05) is 31.9 Å². The molecule has 0 atom stereocenters. The van der Waals surface area contributed by atoms with Crippen molar-refractivity contribution in [3.63, 3.8) is 0 Å². The average Bonchev–Trinajstić information content (AvgIpc) is 2.72. The van der Waals surface area contributed by atoms with Gasteiger partial charge >= 0.3 is 0 Å². The van der Waals surface area contributed by atoms with E-state index in [1.807, 2.05) is 23.1 Å². The summed E-state index contributed by atoms with van der Waals surface area (Å²) in [5, 5.41) is 0. The Morgan fingerprint density at radius 3 is 2.82 bits per heavy atom. The van der Waals surface area contributed by atoms with Gasteiger partial charge in [0.2, 0.25) is 0 Å². The van der Waals surface area contributed by atoms with Gasteiger partial charge < -0.3 is 14.4 Å². The number of ether oxygens (including phenoxy) is 2. The molecule has 0 aromatic heterocycles. The van der Waals surface area contributed by atoms with Crippen LogP contribution in [0, 0.1) is 6.92 Å². The van der Waals surface area contributed by atoms with Crippen molar-refractivity contribution in [2.75, 3.05) is 44.4 Å². The Balaban J connectivity index is 1.37. The molecule has 2 aromatic rings. The summed E-state index contributed by atoms with van der Waals surface area (Å²) in [5.74, 6) is 0.767. The van der Waals surface area contributed by atoms with Crippen LogP contribution in [0.15, 0.2) is 42.5 Å². The van der Waals surface area contributed by atoms with Crippen LogP contribution in [0.25, 0.3) is 0 Å².